The molecule has 196 valence electrons. The van der Waals surface area contributed by atoms with Crippen molar-refractivity contribution >= 4 is 34.4 Å². The highest BCUT2D eigenvalue weighted by Crippen LogP contribution is 2.44. The maximum Gasteiger partial charge on any atom is 0.279 e. The lowest BCUT2D eigenvalue weighted by molar-refractivity contribution is 0.0989. The van der Waals surface area contributed by atoms with Crippen molar-refractivity contribution in [3.05, 3.63) is 81.8 Å². The second-order valence-corrected chi connectivity index (χ2v) is 10.8. The van der Waals surface area contributed by atoms with E-state index in [9.17, 15) is 9.18 Å². The Balaban J connectivity index is 1.58. The molecule has 8 nitrogen and oxygen atoms in total. The number of benzene rings is 1. The monoisotopic (exact) mass is 533 g/mol. The number of nitrogens with zero attached hydrogens (tertiary/aromatic N) is 7. The van der Waals surface area contributed by atoms with Gasteiger partial charge in [0.05, 0.1) is 11.4 Å². The van der Waals surface area contributed by atoms with Gasteiger partial charge >= 0.3 is 0 Å². The number of hydrogen-bond acceptors (Lipinski definition) is 5. The van der Waals surface area contributed by atoms with Gasteiger partial charge in [-0.1, -0.05) is 29.8 Å². The van der Waals surface area contributed by atoms with Crippen LogP contribution in [0.15, 0.2) is 42.6 Å². The van der Waals surface area contributed by atoms with Gasteiger partial charge in [0.2, 0.25) is 0 Å². The molecule has 0 saturated heterocycles. The summed E-state index contributed by atoms with van der Waals surface area (Å²) in [6.45, 7) is 7.14. The van der Waals surface area contributed by atoms with Gasteiger partial charge in [-0.25, -0.2) is 9.37 Å². The van der Waals surface area contributed by atoms with Crippen molar-refractivity contribution in [3.63, 3.8) is 0 Å². The molecule has 1 amide bonds. The number of amides is 1. The Hall–Kier alpha value is -3.56. The summed E-state index contributed by atoms with van der Waals surface area (Å²) in [5.74, 6) is 0.838. The molecule has 2 aliphatic heterocycles. The van der Waals surface area contributed by atoms with Crippen LogP contribution in [0.3, 0.4) is 0 Å². The van der Waals surface area contributed by atoms with E-state index >= 15 is 0 Å². The molecule has 1 unspecified atom stereocenters. The van der Waals surface area contributed by atoms with E-state index in [2.05, 4.69) is 46.6 Å². The third-order valence-corrected chi connectivity index (χ3v) is 7.61. The molecule has 5 heterocycles. The summed E-state index contributed by atoms with van der Waals surface area (Å²) in [5.41, 5.74) is 5.32. The van der Waals surface area contributed by atoms with Crippen LogP contribution in [0.1, 0.15) is 71.3 Å². The number of fused-ring (bicyclic) bond motifs is 2. The molecule has 1 aromatic carbocycles. The van der Waals surface area contributed by atoms with E-state index in [-0.39, 0.29) is 17.8 Å². The lowest BCUT2D eigenvalue weighted by atomic mass is 10.0. The van der Waals surface area contributed by atoms with Gasteiger partial charge in [0, 0.05) is 35.9 Å². The topological polar surface area (TPSA) is 71.6 Å². The van der Waals surface area contributed by atoms with Gasteiger partial charge in [-0.3, -0.25) is 14.1 Å². The van der Waals surface area contributed by atoms with E-state index in [4.69, 9.17) is 16.6 Å². The van der Waals surface area contributed by atoms with Gasteiger partial charge in [-0.15, -0.1) is 10.2 Å². The van der Waals surface area contributed by atoms with E-state index in [1.54, 1.807) is 15.5 Å². The number of carbonyl (C=O) groups is 1. The molecule has 0 saturated carbocycles. The summed E-state index contributed by atoms with van der Waals surface area (Å²) in [7, 11) is 2.10. The zero-order chi connectivity index (χ0) is 26.7. The second-order valence-electron chi connectivity index (χ2n) is 10.3. The largest absolute Gasteiger partial charge is 0.323 e. The summed E-state index contributed by atoms with van der Waals surface area (Å²) in [6, 6.07) is 9.10. The molecule has 38 heavy (non-hydrogen) atoms. The Morgan fingerprint density at radius 3 is 2.63 bits per heavy atom. The fraction of sp³-hybridized carbons (Fsp3) is 0.357. The number of likely N-dealkylation sites (N-methyl/N-ethyl adjacent to an activating group) is 1. The van der Waals surface area contributed by atoms with Crippen molar-refractivity contribution in [3.8, 4) is 0 Å². The first-order valence-corrected chi connectivity index (χ1v) is 13.2. The number of imidazole rings is 1. The summed E-state index contributed by atoms with van der Waals surface area (Å²) in [6.07, 6.45) is 4.91. The smallest absolute Gasteiger partial charge is 0.279 e. The molecule has 10 heteroatoms. The Morgan fingerprint density at radius 2 is 1.95 bits per heavy atom. The standard InChI is InChI=1S/C28H29ClFN7O/c1-16(2)36-25-23(31-27(36)19-6-5-11-34(4)14-19)28(38)37(24(25)18-7-9-20(29)10-8-18)21-12-17(3)26-33-32-22(13-30)35(26)15-21/h6-10,12,15-16,24H,5,11,13-14H2,1-4H3. The zero-order valence-electron chi connectivity index (χ0n) is 21.8. The van der Waals surface area contributed by atoms with E-state index in [1.807, 2.05) is 37.3 Å². The van der Waals surface area contributed by atoms with Crippen LogP contribution in [0.25, 0.3) is 11.2 Å². The Morgan fingerprint density at radius 1 is 1.18 bits per heavy atom. The Labute approximate surface area is 225 Å². The minimum Gasteiger partial charge on any atom is -0.323 e. The quantitative estimate of drug-likeness (QED) is 0.343. The number of halogens is 2. The van der Waals surface area contributed by atoms with Gasteiger partial charge in [0.15, 0.2) is 17.2 Å². The first-order chi connectivity index (χ1) is 18.3. The SMILES string of the molecule is Cc1cc(N2C(=O)c3nc(C4=CCCN(C)C4)n(C(C)C)c3C2c2ccc(Cl)cc2)cn2c(CF)nnc12. The van der Waals surface area contributed by atoms with Crippen LogP contribution in [0.5, 0.6) is 0 Å². The van der Waals surface area contributed by atoms with Crippen LogP contribution in [0.4, 0.5) is 10.1 Å². The number of aryl methyl sites for hydroxylation is 1. The van der Waals surface area contributed by atoms with E-state index < -0.39 is 12.7 Å². The second kappa shape index (κ2) is 9.32. The van der Waals surface area contributed by atoms with Crippen LogP contribution in [0, 0.1) is 6.92 Å². The number of pyridine rings is 1. The highest BCUT2D eigenvalue weighted by Gasteiger charge is 2.45. The number of carbonyl (C=O) groups excluding carboxylic acids is 1. The molecule has 0 N–H and O–H groups in total. The molecule has 0 fully saturated rings. The van der Waals surface area contributed by atoms with Crippen molar-refractivity contribution < 1.29 is 9.18 Å². The molecular formula is C28H29ClFN7O. The van der Waals surface area contributed by atoms with Gasteiger partial charge in [-0.2, -0.15) is 0 Å². The van der Waals surface area contributed by atoms with Crippen LogP contribution in [-0.2, 0) is 6.67 Å². The number of rotatable bonds is 5. The van der Waals surface area contributed by atoms with Gasteiger partial charge < -0.3 is 9.47 Å². The Bertz CT molecular complexity index is 1590. The average molecular weight is 534 g/mol. The van der Waals surface area contributed by atoms with Crippen molar-refractivity contribution in [2.24, 2.45) is 0 Å². The summed E-state index contributed by atoms with van der Waals surface area (Å²) < 4.78 is 17.5. The minimum atomic E-state index is -0.758. The lowest BCUT2D eigenvalue weighted by Crippen LogP contribution is -2.31. The summed E-state index contributed by atoms with van der Waals surface area (Å²) >= 11 is 6.25. The number of anilines is 1. The molecule has 0 bridgehead atoms. The molecule has 3 aromatic heterocycles. The number of aromatic nitrogens is 5. The minimum absolute atomic E-state index is 0.0668. The maximum absolute atomic E-state index is 14.2. The third-order valence-electron chi connectivity index (χ3n) is 7.36. The lowest BCUT2D eigenvalue weighted by Gasteiger charge is -2.30. The molecule has 0 aliphatic carbocycles. The molecular weight excluding hydrogens is 505 g/mol. The van der Waals surface area contributed by atoms with Crippen LogP contribution in [-0.4, -0.2) is 55.1 Å². The first-order valence-electron chi connectivity index (χ1n) is 12.8. The van der Waals surface area contributed by atoms with Crippen LogP contribution < -0.4 is 4.90 Å². The highest BCUT2D eigenvalue weighted by atomic mass is 35.5. The van der Waals surface area contributed by atoms with E-state index in [0.717, 1.165) is 47.7 Å². The predicted molar refractivity (Wildman–Crippen MR) is 145 cm³/mol. The van der Waals surface area contributed by atoms with E-state index in [1.165, 1.54) is 0 Å². The number of hydrogen-bond donors (Lipinski definition) is 0. The molecule has 0 radical (unpaired) electrons. The van der Waals surface area contributed by atoms with Crippen LogP contribution >= 0.6 is 11.6 Å². The molecule has 6 rings (SSSR count). The third kappa shape index (κ3) is 3.84. The van der Waals surface area contributed by atoms with Gasteiger partial charge in [-0.05, 0) is 63.6 Å². The predicted octanol–water partition coefficient (Wildman–Crippen LogP) is 5.41. The van der Waals surface area contributed by atoms with Crippen molar-refractivity contribution in [1.29, 1.82) is 0 Å². The number of alkyl halides is 1. The molecule has 0 spiro atoms. The average Bonchev–Trinajstić information content (AvgIpc) is 3.56. The van der Waals surface area contributed by atoms with Crippen molar-refractivity contribution in [1.82, 2.24) is 29.0 Å². The fourth-order valence-electron chi connectivity index (χ4n) is 5.65. The fourth-order valence-corrected chi connectivity index (χ4v) is 5.77. The highest BCUT2D eigenvalue weighted by molar-refractivity contribution is 6.30. The van der Waals surface area contributed by atoms with Crippen LogP contribution in [0.2, 0.25) is 5.02 Å². The first kappa shape index (κ1) is 24.8. The maximum atomic E-state index is 14.2. The molecule has 2 aliphatic rings. The van der Waals surface area contributed by atoms with Crippen molar-refractivity contribution in [2.75, 3.05) is 25.0 Å². The van der Waals surface area contributed by atoms with Crippen molar-refractivity contribution in [2.45, 2.75) is 46.0 Å². The normalized spacial score (nSPS) is 18.1. The zero-order valence-corrected chi connectivity index (χ0v) is 22.6. The molecule has 4 aromatic rings. The summed E-state index contributed by atoms with van der Waals surface area (Å²) in [4.78, 5) is 23.2. The Kier molecular flexibility index (Phi) is 6.07. The summed E-state index contributed by atoms with van der Waals surface area (Å²) in [5, 5.41) is 8.72. The van der Waals surface area contributed by atoms with Gasteiger partial charge in [0.25, 0.3) is 5.91 Å². The molecule has 1 atom stereocenters. The van der Waals surface area contributed by atoms with Gasteiger partial charge in [0.1, 0.15) is 18.5 Å². The van der Waals surface area contributed by atoms with E-state index in [0.29, 0.717) is 22.1 Å².